The zero-order chi connectivity index (χ0) is 24.9. The van der Waals surface area contributed by atoms with Crippen molar-refractivity contribution >= 4 is 23.2 Å². The summed E-state index contributed by atoms with van der Waals surface area (Å²) in [7, 11) is 1.77. The number of ether oxygens (including phenoxy) is 2. The lowest BCUT2D eigenvalue weighted by Crippen LogP contribution is -2.53. The molecule has 2 saturated heterocycles. The second kappa shape index (κ2) is 10.9. The number of nitrogens with one attached hydrogen (secondary N) is 1. The SMILES string of the molecule is Cn1cc(N2CCC(COC3CN(c4cccc(COC(=O)CC(=N)N)c4F)C3)CC2)ccc1=O. The lowest BCUT2D eigenvalue weighted by Gasteiger charge is -2.42. The van der Waals surface area contributed by atoms with Gasteiger partial charge in [0.1, 0.15) is 18.9 Å². The fraction of sp³-hybridized carbons (Fsp3) is 0.480. The van der Waals surface area contributed by atoms with Gasteiger partial charge < -0.3 is 29.6 Å². The van der Waals surface area contributed by atoms with Crippen LogP contribution in [0.2, 0.25) is 0 Å². The molecule has 9 nitrogen and oxygen atoms in total. The lowest BCUT2D eigenvalue weighted by atomic mass is 9.97. The van der Waals surface area contributed by atoms with Crippen LogP contribution >= 0.6 is 0 Å². The van der Waals surface area contributed by atoms with E-state index in [1.807, 2.05) is 17.2 Å². The van der Waals surface area contributed by atoms with Gasteiger partial charge in [-0.15, -0.1) is 0 Å². The highest BCUT2D eigenvalue weighted by Crippen LogP contribution is 2.29. The highest BCUT2D eigenvalue weighted by atomic mass is 19.1. The van der Waals surface area contributed by atoms with Crippen molar-refractivity contribution in [3.8, 4) is 0 Å². The predicted octanol–water partition coefficient (Wildman–Crippen LogP) is 2.02. The van der Waals surface area contributed by atoms with E-state index in [0.29, 0.717) is 31.3 Å². The van der Waals surface area contributed by atoms with Crippen molar-refractivity contribution in [2.45, 2.75) is 32.0 Å². The van der Waals surface area contributed by atoms with Crippen molar-refractivity contribution in [1.82, 2.24) is 4.57 Å². The maximum absolute atomic E-state index is 14.9. The molecule has 0 amide bonds. The quantitative estimate of drug-likeness (QED) is 0.317. The number of benzene rings is 1. The van der Waals surface area contributed by atoms with Gasteiger partial charge in [0.25, 0.3) is 0 Å². The molecule has 1 aromatic carbocycles. The number of pyridine rings is 1. The van der Waals surface area contributed by atoms with Gasteiger partial charge in [-0.25, -0.2) is 4.39 Å². The van der Waals surface area contributed by atoms with Crippen molar-refractivity contribution in [3.63, 3.8) is 0 Å². The van der Waals surface area contributed by atoms with Gasteiger partial charge in [-0.1, -0.05) is 12.1 Å². The van der Waals surface area contributed by atoms with Crippen molar-refractivity contribution in [1.29, 1.82) is 5.41 Å². The summed E-state index contributed by atoms with van der Waals surface area (Å²) in [6, 6.07) is 8.51. The van der Waals surface area contributed by atoms with Crippen LogP contribution in [-0.2, 0) is 27.9 Å². The third-order valence-corrected chi connectivity index (χ3v) is 6.59. The Hall–Kier alpha value is -3.40. The molecule has 0 aliphatic carbocycles. The smallest absolute Gasteiger partial charge is 0.313 e. The van der Waals surface area contributed by atoms with E-state index in [2.05, 4.69) is 4.90 Å². The molecule has 2 aliphatic rings. The van der Waals surface area contributed by atoms with Gasteiger partial charge in [0.2, 0.25) is 5.56 Å². The normalized spacial score (nSPS) is 16.7. The Bertz CT molecular complexity index is 1120. The number of carbonyl (C=O) groups excluding carboxylic acids is 1. The molecule has 1 aromatic heterocycles. The van der Waals surface area contributed by atoms with Crippen LogP contribution in [0, 0.1) is 17.1 Å². The first-order chi connectivity index (χ1) is 16.8. The van der Waals surface area contributed by atoms with E-state index in [-0.39, 0.29) is 36.1 Å². The number of esters is 1. The number of anilines is 2. The van der Waals surface area contributed by atoms with Gasteiger partial charge in [-0.2, -0.15) is 0 Å². The third kappa shape index (κ3) is 6.19. The Kier molecular flexibility index (Phi) is 7.70. The van der Waals surface area contributed by atoms with E-state index in [1.165, 1.54) is 0 Å². The van der Waals surface area contributed by atoms with Gasteiger partial charge >= 0.3 is 5.97 Å². The van der Waals surface area contributed by atoms with Crippen LogP contribution in [0.5, 0.6) is 0 Å². The van der Waals surface area contributed by atoms with Crippen LogP contribution in [0.1, 0.15) is 24.8 Å². The minimum Gasteiger partial charge on any atom is -0.460 e. The summed E-state index contributed by atoms with van der Waals surface area (Å²) in [5, 5.41) is 7.12. The maximum Gasteiger partial charge on any atom is 0.313 e. The number of piperidine rings is 1. The van der Waals surface area contributed by atoms with E-state index in [0.717, 1.165) is 31.6 Å². The third-order valence-electron chi connectivity index (χ3n) is 6.59. The number of carbonyl (C=O) groups is 1. The molecule has 0 saturated carbocycles. The molecule has 0 radical (unpaired) electrons. The van der Waals surface area contributed by atoms with Gasteiger partial charge in [-0.05, 0) is 30.9 Å². The molecule has 2 fully saturated rings. The van der Waals surface area contributed by atoms with E-state index in [4.69, 9.17) is 20.6 Å². The van der Waals surface area contributed by atoms with Gasteiger partial charge in [0, 0.05) is 51.1 Å². The van der Waals surface area contributed by atoms with E-state index < -0.39 is 11.8 Å². The number of hydrogen-bond acceptors (Lipinski definition) is 7. The first-order valence-electron chi connectivity index (χ1n) is 11.8. The molecule has 0 bridgehead atoms. The molecule has 0 atom stereocenters. The van der Waals surface area contributed by atoms with Crippen LogP contribution in [0.25, 0.3) is 0 Å². The van der Waals surface area contributed by atoms with Crippen molar-refractivity contribution in [2.75, 3.05) is 42.6 Å². The molecular weight excluding hydrogens is 453 g/mol. The highest BCUT2D eigenvalue weighted by molar-refractivity contribution is 5.94. The number of nitrogens with two attached hydrogens (primary N) is 1. The summed E-state index contributed by atoms with van der Waals surface area (Å²) < 4.78 is 27.6. The van der Waals surface area contributed by atoms with Crippen LogP contribution in [0.15, 0.2) is 41.3 Å². The van der Waals surface area contributed by atoms with Gasteiger partial charge in [-0.3, -0.25) is 15.0 Å². The fourth-order valence-corrected chi connectivity index (χ4v) is 4.42. The summed E-state index contributed by atoms with van der Waals surface area (Å²) in [4.78, 5) is 27.4. The van der Waals surface area contributed by atoms with Crippen molar-refractivity contribution < 1.29 is 18.7 Å². The van der Waals surface area contributed by atoms with E-state index >= 15 is 0 Å². The Morgan fingerprint density at radius 2 is 1.91 bits per heavy atom. The molecule has 35 heavy (non-hydrogen) atoms. The molecule has 188 valence electrons. The topological polar surface area (TPSA) is 114 Å². The zero-order valence-electron chi connectivity index (χ0n) is 19.9. The Labute approximate surface area is 203 Å². The molecule has 4 rings (SSSR count). The minimum atomic E-state index is -0.653. The van der Waals surface area contributed by atoms with Crippen molar-refractivity contribution in [2.24, 2.45) is 18.7 Å². The molecule has 3 N–H and O–H groups in total. The lowest BCUT2D eigenvalue weighted by molar-refractivity contribution is -0.143. The minimum absolute atomic E-state index is 0.00807. The largest absolute Gasteiger partial charge is 0.460 e. The fourth-order valence-electron chi connectivity index (χ4n) is 4.42. The molecule has 2 aromatic rings. The predicted molar refractivity (Wildman–Crippen MR) is 131 cm³/mol. The Morgan fingerprint density at radius 3 is 2.60 bits per heavy atom. The molecule has 2 aliphatic heterocycles. The highest BCUT2D eigenvalue weighted by Gasteiger charge is 2.31. The van der Waals surface area contributed by atoms with Crippen LogP contribution in [-0.4, -0.2) is 55.3 Å². The van der Waals surface area contributed by atoms with Crippen LogP contribution < -0.4 is 21.1 Å². The average molecular weight is 486 g/mol. The summed E-state index contributed by atoms with van der Waals surface area (Å²) >= 11 is 0. The summed E-state index contributed by atoms with van der Waals surface area (Å²) in [5.41, 5.74) is 7.00. The molecular formula is C25H32FN5O4. The summed E-state index contributed by atoms with van der Waals surface area (Å²) in [6.45, 7) is 3.57. The van der Waals surface area contributed by atoms with Crippen LogP contribution in [0.3, 0.4) is 0 Å². The number of nitrogens with zero attached hydrogens (tertiary/aromatic N) is 3. The maximum atomic E-state index is 14.9. The first kappa shape index (κ1) is 24.7. The number of halogens is 1. The second-order valence-corrected chi connectivity index (χ2v) is 9.24. The number of aryl methyl sites for hydroxylation is 1. The van der Waals surface area contributed by atoms with E-state index in [9.17, 15) is 14.0 Å². The first-order valence-corrected chi connectivity index (χ1v) is 11.8. The second-order valence-electron chi connectivity index (χ2n) is 9.24. The number of hydrogen-bond donors (Lipinski definition) is 2. The van der Waals surface area contributed by atoms with Crippen LogP contribution in [0.4, 0.5) is 15.8 Å². The molecule has 3 heterocycles. The molecule has 10 heteroatoms. The van der Waals surface area contributed by atoms with Gasteiger partial charge in [0.05, 0.1) is 24.1 Å². The standard InChI is InChI=1S/C25H32FN5O4/c1-29-12-19(5-6-23(29)32)30-9-7-17(8-10-30)15-34-20-13-31(14-20)21-4-2-3-18(25(21)26)16-35-24(33)11-22(27)28/h2-6,12,17,20H,7-11,13-16H2,1H3,(H3,27,28). The summed E-state index contributed by atoms with van der Waals surface area (Å²) in [6.07, 6.45) is 3.69. The molecule has 0 spiro atoms. The number of amidine groups is 1. The molecule has 0 unspecified atom stereocenters. The number of rotatable bonds is 9. The monoisotopic (exact) mass is 485 g/mol. The zero-order valence-corrected chi connectivity index (χ0v) is 19.9. The van der Waals surface area contributed by atoms with Gasteiger partial charge in [0.15, 0.2) is 5.82 Å². The van der Waals surface area contributed by atoms with E-state index in [1.54, 1.807) is 35.9 Å². The Morgan fingerprint density at radius 1 is 1.17 bits per heavy atom. The van der Waals surface area contributed by atoms with Crippen molar-refractivity contribution in [3.05, 3.63) is 58.3 Å². The average Bonchev–Trinajstić information content (AvgIpc) is 2.80. The Balaban J connectivity index is 1.20. The summed E-state index contributed by atoms with van der Waals surface area (Å²) in [5.74, 6) is -0.865. The number of aromatic nitrogens is 1.